The van der Waals surface area contributed by atoms with Crippen LogP contribution < -0.4 is 0 Å². The smallest absolute Gasteiger partial charge is 0.0680 e. The van der Waals surface area contributed by atoms with Gasteiger partial charge in [-0.1, -0.05) is 0 Å². The van der Waals surface area contributed by atoms with Crippen molar-refractivity contribution in [1.29, 1.82) is 5.26 Å². The second kappa shape index (κ2) is 2.87. The van der Waals surface area contributed by atoms with Crippen LogP contribution in [0.3, 0.4) is 0 Å². The third kappa shape index (κ3) is 10.7. The topological polar surface area (TPSA) is 23.8 Å². The molecule has 2 heteroatoms. The van der Waals surface area contributed by atoms with E-state index in [0.29, 0.717) is 0 Å². The molecule has 1 nitrogen and oxygen atoms in total. The Balaban J connectivity index is 0. The molecule has 0 aromatic carbocycles. The normalized spacial score (nSPS) is 8.86. The monoisotopic (exact) mass is 119 g/mol. The Morgan fingerprint density at radius 2 is 1.43 bits per heavy atom. The van der Waals surface area contributed by atoms with Gasteiger partial charge in [-0.25, -0.2) is 0 Å². The van der Waals surface area contributed by atoms with E-state index >= 15 is 0 Å². The molecule has 0 radical (unpaired) electrons. The molecule has 0 heterocycles. The van der Waals surface area contributed by atoms with Crippen molar-refractivity contribution in [3.63, 3.8) is 0 Å². The molecule has 0 amide bonds. The van der Waals surface area contributed by atoms with Gasteiger partial charge >= 0.3 is 0 Å². The highest BCUT2D eigenvalue weighted by molar-refractivity contribution is 5.85. The Morgan fingerprint density at radius 1 is 1.29 bits per heavy atom. The van der Waals surface area contributed by atoms with Gasteiger partial charge in [-0.05, 0) is 20.8 Å². The predicted octanol–water partition coefficient (Wildman–Crippen LogP) is 1.98. The van der Waals surface area contributed by atoms with E-state index in [-0.39, 0.29) is 17.8 Å². The minimum absolute atomic E-state index is 0. The van der Waals surface area contributed by atoms with Gasteiger partial charge in [0, 0.05) is 5.41 Å². The van der Waals surface area contributed by atoms with Gasteiger partial charge in [-0.15, -0.1) is 12.4 Å². The summed E-state index contributed by atoms with van der Waals surface area (Å²) in [7, 11) is 0. The summed E-state index contributed by atoms with van der Waals surface area (Å²) < 4.78 is 0. The first kappa shape index (κ1) is 9.91. The van der Waals surface area contributed by atoms with Crippen LogP contribution in [0.25, 0.3) is 0 Å². The molecule has 0 bridgehead atoms. The van der Waals surface area contributed by atoms with Gasteiger partial charge in [0.2, 0.25) is 0 Å². The van der Waals surface area contributed by atoms with Crippen LogP contribution >= 0.6 is 12.4 Å². The van der Waals surface area contributed by atoms with Crippen LogP contribution in [-0.4, -0.2) is 0 Å². The van der Waals surface area contributed by atoms with Crippen molar-refractivity contribution < 1.29 is 0 Å². The van der Waals surface area contributed by atoms with Crippen LogP contribution in [0.4, 0.5) is 0 Å². The van der Waals surface area contributed by atoms with Crippen LogP contribution in [0.15, 0.2) is 0 Å². The van der Waals surface area contributed by atoms with Crippen molar-refractivity contribution in [1.82, 2.24) is 0 Å². The Morgan fingerprint density at radius 3 is 1.43 bits per heavy atom. The Kier molecular flexibility index (Phi) is 4.07. The molecule has 42 valence electrons. The van der Waals surface area contributed by atoms with Gasteiger partial charge in [-0.3, -0.25) is 0 Å². The summed E-state index contributed by atoms with van der Waals surface area (Å²) >= 11 is 0. The lowest BCUT2D eigenvalue weighted by Crippen LogP contribution is -1.97. The Labute approximate surface area is 50.7 Å². The summed E-state index contributed by atoms with van der Waals surface area (Å²) in [4.78, 5) is 0. The predicted molar refractivity (Wildman–Crippen MR) is 32.3 cm³/mol. The number of halogens is 1. The van der Waals surface area contributed by atoms with Crippen molar-refractivity contribution in [2.24, 2.45) is 5.41 Å². The fourth-order valence-corrected chi connectivity index (χ4v) is 0. The maximum Gasteiger partial charge on any atom is 0.0680 e. The number of hydrogen-bond acceptors (Lipinski definition) is 1. The van der Waals surface area contributed by atoms with E-state index in [2.05, 4.69) is 6.07 Å². The first-order chi connectivity index (χ1) is 2.56. The lowest BCUT2D eigenvalue weighted by molar-refractivity contribution is 0.561. The van der Waals surface area contributed by atoms with Crippen molar-refractivity contribution in [2.45, 2.75) is 20.8 Å². The largest absolute Gasteiger partial charge is 0.198 e. The average Bonchev–Trinajstić information content (AvgIpc) is 1.35. The van der Waals surface area contributed by atoms with Crippen molar-refractivity contribution >= 4 is 12.4 Å². The molecule has 0 aliphatic rings. The lowest BCUT2D eigenvalue weighted by atomic mass is 10.0. The first-order valence-corrected chi connectivity index (χ1v) is 1.97. The van der Waals surface area contributed by atoms with Crippen LogP contribution in [0, 0.1) is 16.7 Å². The molecule has 0 saturated carbocycles. The maximum atomic E-state index is 8.15. The lowest BCUT2D eigenvalue weighted by Gasteiger charge is -2.01. The van der Waals surface area contributed by atoms with E-state index in [0.717, 1.165) is 0 Å². The van der Waals surface area contributed by atoms with Gasteiger partial charge in [0.25, 0.3) is 0 Å². The summed E-state index contributed by atoms with van der Waals surface area (Å²) in [6, 6.07) is 2.10. The maximum absolute atomic E-state index is 8.15. The number of nitrogens with zero attached hydrogens (tertiary/aromatic N) is 1. The zero-order chi connectivity index (χ0) is 5.21. The molecule has 7 heavy (non-hydrogen) atoms. The summed E-state index contributed by atoms with van der Waals surface area (Å²) in [5.74, 6) is 0. The molecule has 0 aliphatic heterocycles. The fourth-order valence-electron chi connectivity index (χ4n) is 0. The highest BCUT2D eigenvalue weighted by Gasteiger charge is 2.04. The molecule has 0 unspecified atom stereocenters. The number of rotatable bonds is 0. The summed E-state index contributed by atoms with van der Waals surface area (Å²) in [5, 5.41) is 8.15. The number of hydrogen-bond donors (Lipinski definition) is 0. The van der Waals surface area contributed by atoms with E-state index in [1.165, 1.54) is 0 Å². The summed E-state index contributed by atoms with van der Waals surface area (Å²) in [6.45, 7) is 5.65. The Hall–Kier alpha value is -0.220. The van der Waals surface area contributed by atoms with E-state index in [4.69, 9.17) is 5.26 Å². The van der Waals surface area contributed by atoms with Gasteiger partial charge in [0.1, 0.15) is 0 Å². The van der Waals surface area contributed by atoms with E-state index < -0.39 is 0 Å². The SMILES string of the molecule is CC(C)(C)C#N.Cl. The Bertz CT molecular complexity index is 75.1. The van der Waals surface area contributed by atoms with Gasteiger partial charge in [-0.2, -0.15) is 5.26 Å². The molecule has 0 N–H and O–H groups in total. The average molecular weight is 120 g/mol. The molecule has 0 aliphatic carbocycles. The quantitative estimate of drug-likeness (QED) is 0.478. The van der Waals surface area contributed by atoms with Gasteiger partial charge < -0.3 is 0 Å². The van der Waals surface area contributed by atoms with Crippen LogP contribution in [0.1, 0.15) is 20.8 Å². The third-order valence-electron chi connectivity index (χ3n) is 0.335. The van der Waals surface area contributed by atoms with Crippen molar-refractivity contribution in [3.8, 4) is 6.07 Å². The molecule has 0 atom stereocenters. The standard InChI is InChI=1S/C5H9N.ClH/c1-5(2,3)4-6;/h1-3H3;1H. The van der Waals surface area contributed by atoms with Crippen molar-refractivity contribution in [3.05, 3.63) is 0 Å². The fraction of sp³-hybridized carbons (Fsp3) is 0.800. The minimum atomic E-state index is -0.153. The molecular weight excluding hydrogens is 110 g/mol. The molecule has 0 saturated heterocycles. The minimum Gasteiger partial charge on any atom is -0.198 e. The highest BCUT2D eigenvalue weighted by Crippen LogP contribution is 2.08. The molecule has 0 fully saturated rings. The first-order valence-electron chi connectivity index (χ1n) is 1.97. The number of nitriles is 1. The summed E-state index contributed by atoms with van der Waals surface area (Å²) in [6.07, 6.45) is 0. The van der Waals surface area contributed by atoms with Gasteiger partial charge in [0.05, 0.1) is 6.07 Å². The molecule has 0 aromatic rings. The summed E-state index contributed by atoms with van der Waals surface area (Å²) in [5.41, 5.74) is -0.153. The molecule has 0 aromatic heterocycles. The zero-order valence-electron chi connectivity index (χ0n) is 4.86. The molecule has 0 rings (SSSR count). The van der Waals surface area contributed by atoms with Crippen LogP contribution in [-0.2, 0) is 0 Å². The van der Waals surface area contributed by atoms with Crippen LogP contribution in [0.2, 0.25) is 0 Å². The second-order valence-corrected chi connectivity index (χ2v) is 2.36. The van der Waals surface area contributed by atoms with Gasteiger partial charge in [0.15, 0.2) is 0 Å². The third-order valence-corrected chi connectivity index (χ3v) is 0.335. The van der Waals surface area contributed by atoms with E-state index in [9.17, 15) is 0 Å². The van der Waals surface area contributed by atoms with E-state index in [1.807, 2.05) is 20.8 Å². The molecular formula is C5H10ClN. The van der Waals surface area contributed by atoms with Crippen LogP contribution in [0.5, 0.6) is 0 Å². The zero-order valence-corrected chi connectivity index (χ0v) is 5.67. The molecule has 0 spiro atoms. The van der Waals surface area contributed by atoms with Crippen molar-refractivity contribution in [2.75, 3.05) is 0 Å². The highest BCUT2D eigenvalue weighted by atomic mass is 35.5. The van der Waals surface area contributed by atoms with E-state index in [1.54, 1.807) is 0 Å². The second-order valence-electron chi connectivity index (χ2n) is 2.36.